The molecule has 4 rings (SSSR count). The summed E-state index contributed by atoms with van der Waals surface area (Å²) in [5, 5.41) is 0.975. The van der Waals surface area contributed by atoms with Gasteiger partial charge in [0, 0.05) is 36.8 Å². The lowest BCUT2D eigenvalue weighted by atomic mass is 10.1. The van der Waals surface area contributed by atoms with E-state index in [1.165, 1.54) is 26.7 Å². The number of pyridine rings is 1. The summed E-state index contributed by atoms with van der Waals surface area (Å²) in [6.45, 7) is 0.519. The van der Waals surface area contributed by atoms with Crippen LogP contribution in [-0.2, 0) is 10.0 Å². The topological polar surface area (TPSA) is 94.4 Å². The molecule has 0 N–H and O–H groups in total. The van der Waals surface area contributed by atoms with Crippen molar-refractivity contribution < 1.29 is 21.9 Å². The summed E-state index contributed by atoms with van der Waals surface area (Å²) in [6, 6.07) is 3.90. The van der Waals surface area contributed by atoms with Crippen LogP contribution in [0.3, 0.4) is 0 Å². The number of thioether (sulfide) groups is 1. The molecule has 1 aromatic carbocycles. The molecule has 1 saturated heterocycles. The average Bonchev–Trinajstić information content (AvgIpc) is 2.75. The van der Waals surface area contributed by atoms with Crippen molar-refractivity contribution in [3.8, 4) is 11.5 Å². The zero-order valence-corrected chi connectivity index (χ0v) is 18.9. The van der Waals surface area contributed by atoms with E-state index < -0.39 is 27.2 Å². The minimum absolute atomic E-state index is 0.158. The number of hydrogen-bond donors (Lipinski definition) is 0. The number of aromatic nitrogens is 3. The zero-order chi connectivity index (χ0) is 23.0. The highest BCUT2D eigenvalue weighted by molar-refractivity contribution is 7.98. The molecule has 1 aliphatic heterocycles. The van der Waals surface area contributed by atoms with Crippen molar-refractivity contribution in [2.45, 2.75) is 24.0 Å². The number of rotatable bonds is 5. The molecular formula is C20H20F2N4O4S2. The molecule has 1 aliphatic rings. The molecule has 8 nitrogen and oxygen atoms in total. The molecule has 3 heterocycles. The molecule has 0 bridgehead atoms. The second-order valence-electron chi connectivity index (χ2n) is 7.39. The number of halogens is 2. The van der Waals surface area contributed by atoms with Gasteiger partial charge in [0.25, 0.3) is 5.56 Å². The van der Waals surface area contributed by atoms with Crippen LogP contribution in [0.4, 0.5) is 8.78 Å². The van der Waals surface area contributed by atoms with Gasteiger partial charge in [-0.05, 0) is 37.3 Å². The third-order valence-corrected chi connectivity index (χ3v) is 7.14. The summed E-state index contributed by atoms with van der Waals surface area (Å²) >= 11 is 1.32. The molecule has 170 valence electrons. The van der Waals surface area contributed by atoms with Crippen molar-refractivity contribution in [3.05, 3.63) is 52.5 Å². The predicted octanol–water partition coefficient (Wildman–Crippen LogP) is 3.18. The Morgan fingerprint density at radius 3 is 2.50 bits per heavy atom. The van der Waals surface area contributed by atoms with Crippen molar-refractivity contribution in [2.75, 3.05) is 25.6 Å². The molecule has 0 saturated carbocycles. The molecule has 0 aliphatic carbocycles. The molecule has 0 unspecified atom stereocenters. The fraction of sp³-hybridized carbons (Fsp3) is 0.350. The Bertz CT molecular complexity index is 1340. The largest absolute Gasteiger partial charge is 0.448 e. The molecule has 0 atom stereocenters. The highest BCUT2D eigenvalue weighted by atomic mass is 32.2. The van der Waals surface area contributed by atoms with E-state index >= 15 is 0 Å². The minimum Gasteiger partial charge on any atom is -0.448 e. The van der Waals surface area contributed by atoms with Crippen LogP contribution in [0.15, 0.2) is 40.4 Å². The molecular weight excluding hydrogens is 462 g/mol. The fourth-order valence-corrected chi connectivity index (χ4v) is 4.91. The van der Waals surface area contributed by atoms with Gasteiger partial charge in [0.2, 0.25) is 10.0 Å². The number of benzene rings is 1. The number of piperidine rings is 1. The van der Waals surface area contributed by atoms with Gasteiger partial charge >= 0.3 is 0 Å². The quantitative estimate of drug-likeness (QED) is 0.407. The van der Waals surface area contributed by atoms with Crippen LogP contribution in [0.1, 0.15) is 18.9 Å². The molecule has 1 fully saturated rings. The maximum Gasteiger partial charge on any atom is 0.295 e. The Labute approximate surface area is 187 Å². The van der Waals surface area contributed by atoms with E-state index in [0.717, 1.165) is 18.4 Å². The lowest BCUT2D eigenvalue weighted by Crippen LogP contribution is -2.40. The van der Waals surface area contributed by atoms with E-state index in [-0.39, 0.29) is 30.6 Å². The van der Waals surface area contributed by atoms with Crippen molar-refractivity contribution in [1.82, 2.24) is 18.8 Å². The first-order valence-corrected chi connectivity index (χ1v) is 12.8. The first-order valence-electron chi connectivity index (χ1n) is 9.71. The Hall–Kier alpha value is -2.57. The van der Waals surface area contributed by atoms with Gasteiger partial charge in [0.15, 0.2) is 22.5 Å². The standard InChI is InChI=1S/C20H20F2N4O4S2/c1-31-20-23-11-12-9-17(30-16-4-3-13(21)10-15(16)22)19(27)26(18(12)24-20)14-5-7-25(8-6-14)32(2,28)29/h3-4,9-11,14H,5-8H2,1-2H3. The molecule has 2 aromatic heterocycles. The lowest BCUT2D eigenvalue weighted by Gasteiger charge is -2.31. The van der Waals surface area contributed by atoms with Crippen LogP contribution in [0, 0.1) is 11.6 Å². The van der Waals surface area contributed by atoms with Crippen molar-refractivity contribution >= 4 is 32.8 Å². The van der Waals surface area contributed by atoms with E-state index in [9.17, 15) is 22.0 Å². The van der Waals surface area contributed by atoms with Crippen molar-refractivity contribution in [2.24, 2.45) is 0 Å². The van der Waals surface area contributed by atoms with E-state index in [4.69, 9.17) is 4.74 Å². The lowest BCUT2D eigenvalue weighted by molar-refractivity contribution is 0.273. The van der Waals surface area contributed by atoms with Gasteiger partial charge in [-0.1, -0.05) is 11.8 Å². The van der Waals surface area contributed by atoms with Gasteiger partial charge in [0.05, 0.1) is 6.26 Å². The first kappa shape index (κ1) is 22.6. The second-order valence-corrected chi connectivity index (χ2v) is 10.1. The third kappa shape index (κ3) is 4.48. The summed E-state index contributed by atoms with van der Waals surface area (Å²) in [5.41, 5.74) is -0.149. The smallest absolute Gasteiger partial charge is 0.295 e. The van der Waals surface area contributed by atoms with Crippen LogP contribution < -0.4 is 10.3 Å². The number of hydrogen-bond acceptors (Lipinski definition) is 7. The van der Waals surface area contributed by atoms with E-state index in [1.54, 1.807) is 6.20 Å². The molecule has 3 aromatic rings. The molecule has 0 spiro atoms. The van der Waals surface area contributed by atoms with Gasteiger partial charge in [-0.3, -0.25) is 9.36 Å². The van der Waals surface area contributed by atoms with E-state index in [1.807, 2.05) is 6.26 Å². The first-order chi connectivity index (χ1) is 15.2. The van der Waals surface area contributed by atoms with E-state index in [0.29, 0.717) is 35.1 Å². The summed E-state index contributed by atoms with van der Waals surface area (Å²) in [5.74, 6) is -2.15. The Balaban J connectivity index is 1.80. The molecule has 12 heteroatoms. The van der Waals surface area contributed by atoms with Crippen LogP contribution in [0.2, 0.25) is 0 Å². The van der Waals surface area contributed by atoms with Crippen molar-refractivity contribution in [3.63, 3.8) is 0 Å². The average molecular weight is 483 g/mol. The monoisotopic (exact) mass is 482 g/mol. The van der Waals surface area contributed by atoms with Crippen LogP contribution >= 0.6 is 11.8 Å². The number of nitrogens with zero attached hydrogens (tertiary/aromatic N) is 4. The molecule has 0 amide bonds. The predicted molar refractivity (Wildman–Crippen MR) is 117 cm³/mol. The summed E-state index contributed by atoms with van der Waals surface area (Å²) in [7, 11) is -3.33. The number of sulfonamides is 1. The Morgan fingerprint density at radius 2 is 1.88 bits per heavy atom. The van der Waals surface area contributed by atoms with Crippen molar-refractivity contribution in [1.29, 1.82) is 0 Å². The Kier molecular flexibility index (Phi) is 6.19. The normalized spacial score (nSPS) is 15.9. The summed E-state index contributed by atoms with van der Waals surface area (Å²) in [6.07, 6.45) is 5.30. The van der Waals surface area contributed by atoms with Crippen LogP contribution in [0.25, 0.3) is 11.0 Å². The van der Waals surface area contributed by atoms with Gasteiger partial charge in [-0.2, -0.15) is 0 Å². The second kappa shape index (κ2) is 8.75. The maximum atomic E-state index is 14.1. The van der Waals surface area contributed by atoms with Gasteiger partial charge in [-0.15, -0.1) is 0 Å². The number of fused-ring (bicyclic) bond motifs is 1. The van der Waals surface area contributed by atoms with Crippen LogP contribution in [-0.4, -0.2) is 52.9 Å². The SMILES string of the molecule is CSc1ncc2cc(Oc3ccc(F)cc3F)c(=O)n(C3CCN(S(C)(=O)=O)CC3)c2n1. The van der Waals surface area contributed by atoms with E-state index in [2.05, 4.69) is 9.97 Å². The summed E-state index contributed by atoms with van der Waals surface area (Å²) < 4.78 is 59.4. The van der Waals surface area contributed by atoms with Crippen LogP contribution in [0.5, 0.6) is 11.5 Å². The third-order valence-electron chi connectivity index (χ3n) is 5.27. The fourth-order valence-electron chi connectivity index (χ4n) is 3.70. The zero-order valence-electron chi connectivity index (χ0n) is 17.3. The van der Waals surface area contributed by atoms with Gasteiger partial charge in [0.1, 0.15) is 11.5 Å². The minimum atomic E-state index is -3.33. The number of ether oxygens (including phenoxy) is 1. The molecule has 0 radical (unpaired) electrons. The highest BCUT2D eigenvalue weighted by Crippen LogP contribution is 2.30. The highest BCUT2D eigenvalue weighted by Gasteiger charge is 2.29. The Morgan fingerprint density at radius 1 is 1.16 bits per heavy atom. The maximum absolute atomic E-state index is 14.1. The van der Waals surface area contributed by atoms with Gasteiger partial charge in [-0.25, -0.2) is 31.5 Å². The van der Waals surface area contributed by atoms with Gasteiger partial charge < -0.3 is 4.74 Å². The molecule has 32 heavy (non-hydrogen) atoms. The summed E-state index contributed by atoms with van der Waals surface area (Å²) in [4.78, 5) is 22.1.